The second-order valence-corrected chi connectivity index (χ2v) is 5.44. The molecule has 112 valence electrons. The molecule has 1 unspecified atom stereocenters. The van der Waals surface area contributed by atoms with Crippen LogP contribution >= 0.6 is 0 Å². The second kappa shape index (κ2) is 5.73. The standard InChI is InChI=1S/C15H19N3O3/c1-17-8-4-2-6-11(17)10-21-14-13(15(19)20)18-9-5-3-7-12(18)16-14/h3,5,7,9,11H,2,4,6,8,10H2,1H3,(H,19,20). The zero-order valence-electron chi connectivity index (χ0n) is 12.0. The number of carboxylic acid groups (broad SMARTS) is 1. The third kappa shape index (κ3) is 2.71. The molecule has 0 bridgehead atoms. The van der Waals surface area contributed by atoms with Crippen molar-refractivity contribution < 1.29 is 14.6 Å². The summed E-state index contributed by atoms with van der Waals surface area (Å²) < 4.78 is 7.28. The molecule has 3 rings (SSSR count). The van der Waals surface area contributed by atoms with E-state index < -0.39 is 5.97 Å². The highest BCUT2D eigenvalue weighted by molar-refractivity contribution is 5.89. The Bertz CT molecular complexity index is 653. The van der Waals surface area contributed by atoms with Gasteiger partial charge < -0.3 is 14.7 Å². The highest BCUT2D eigenvalue weighted by Crippen LogP contribution is 2.22. The summed E-state index contributed by atoms with van der Waals surface area (Å²) in [5, 5.41) is 9.39. The molecule has 6 nitrogen and oxygen atoms in total. The number of aromatic carboxylic acids is 1. The van der Waals surface area contributed by atoms with Crippen LogP contribution in [0.2, 0.25) is 0 Å². The van der Waals surface area contributed by atoms with Gasteiger partial charge in [0.05, 0.1) is 0 Å². The number of likely N-dealkylation sites (tertiary alicyclic amines) is 1. The van der Waals surface area contributed by atoms with Crippen molar-refractivity contribution in [2.45, 2.75) is 25.3 Å². The lowest BCUT2D eigenvalue weighted by molar-refractivity contribution is 0.0679. The number of ether oxygens (including phenoxy) is 1. The van der Waals surface area contributed by atoms with Crippen LogP contribution in [-0.4, -0.2) is 51.6 Å². The molecule has 0 amide bonds. The van der Waals surface area contributed by atoms with Gasteiger partial charge >= 0.3 is 5.97 Å². The van der Waals surface area contributed by atoms with Crippen molar-refractivity contribution in [1.29, 1.82) is 0 Å². The predicted molar refractivity (Wildman–Crippen MR) is 77.9 cm³/mol. The van der Waals surface area contributed by atoms with E-state index in [1.165, 1.54) is 12.8 Å². The molecule has 1 fully saturated rings. The number of carbonyl (C=O) groups is 1. The van der Waals surface area contributed by atoms with E-state index in [-0.39, 0.29) is 11.6 Å². The van der Waals surface area contributed by atoms with Crippen LogP contribution in [0.3, 0.4) is 0 Å². The molecule has 0 aliphatic carbocycles. The summed E-state index contributed by atoms with van der Waals surface area (Å²) in [7, 11) is 2.08. The normalized spacial score (nSPS) is 19.8. The Labute approximate surface area is 123 Å². The van der Waals surface area contributed by atoms with E-state index in [1.54, 1.807) is 22.7 Å². The van der Waals surface area contributed by atoms with Crippen molar-refractivity contribution in [2.24, 2.45) is 0 Å². The minimum absolute atomic E-state index is 0.0871. The first-order chi connectivity index (χ1) is 10.2. The van der Waals surface area contributed by atoms with Crippen LogP contribution in [0, 0.1) is 0 Å². The number of hydrogen-bond acceptors (Lipinski definition) is 4. The Morgan fingerprint density at radius 1 is 1.48 bits per heavy atom. The SMILES string of the molecule is CN1CCCCC1COc1nc2ccccn2c1C(=O)O. The van der Waals surface area contributed by atoms with E-state index in [0.29, 0.717) is 18.3 Å². The maximum Gasteiger partial charge on any atom is 0.358 e. The first kappa shape index (κ1) is 13.9. The molecule has 0 aromatic carbocycles. The molecule has 1 aliphatic heterocycles. The molecule has 0 spiro atoms. The lowest BCUT2D eigenvalue weighted by Crippen LogP contribution is -2.40. The molecule has 1 N–H and O–H groups in total. The number of imidazole rings is 1. The Kier molecular flexibility index (Phi) is 3.79. The van der Waals surface area contributed by atoms with Gasteiger partial charge in [0, 0.05) is 12.2 Å². The Morgan fingerprint density at radius 2 is 2.33 bits per heavy atom. The molecule has 3 heterocycles. The Morgan fingerprint density at radius 3 is 3.10 bits per heavy atom. The summed E-state index contributed by atoms with van der Waals surface area (Å²) in [6.07, 6.45) is 5.16. The summed E-state index contributed by atoms with van der Waals surface area (Å²) in [4.78, 5) is 18.0. The number of piperidine rings is 1. The summed E-state index contributed by atoms with van der Waals surface area (Å²) in [5.74, 6) is -0.826. The Hall–Kier alpha value is -2.08. The van der Waals surface area contributed by atoms with Crippen molar-refractivity contribution in [3.05, 3.63) is 30.1 Å². The van der Waals surface area contributed by atoms with Crippen molar-refractivity contribution in [3.8, 4) is 5.88 Å². The zero-order valence-corrected chi connectivity index (χ0v) is 12.0. The van der Waals surface area contributed by atoms with Gasteiger partial charge in [0.15, 0.2) is 5.69 Å². The molecule has 1 aliphatic rings. The molecular weight excluding hydrogens is 270 g/mol. The lowest BCUT2D eigenvalue weighted by atomic mass is 10.0. The van der Waals surface area contributed by atoms with E-state index in [4.69, 9.17) is 4.74 Å². The van der Waals surface area contributed by atoms with E-state index in [0.717, 1.165) is 13.0 Å². The van der Waals surface area contributed by atoms with E-state index in [2.05, 4.69) is 16.9 Å². The zero-order chi connectivity index (χ0) is 14.8. The van der Waals surface area contributed by atoms with Gasteiger partial charge in [0.2, 0.25) is 5.88 Å². The van der Waals surface area contributed by atoms with E-state index in [9.17, 15) is 9.90 Å². The molecule has 2 aromatic heterocycles. The average Bonchev–Trinajstić information content (AvgIpc) is 2.85. The van der Waals surface area contributed by atoms with Gasteiger partial charge in [-0.25, -0.2) is 4.79 Å². The first-order valence-corrected chi connectivity index (χ1v) is 7.20. The van der Waals surface area contributed by atoms with E-state index >= 15 is 0 Å². The molecule has 21 heavy (non-hydrogen) atoms. The quantitative estimate of drug-likeness (QED) is 0.931. The van der Waals surface area contributed by atoms with Crippen molar-refractivity contribution >= 4 is 11.6 Å². The number of nitrogens with zero attached hydrogens (tertiary/aromatic N) is 3. The first-order valence-electron chi connectivity index (χ1n) is 7.20. The Balaban J connectivity index is 1.83. The van der Waals surface area contributed by atoms with Gasteiger partial charge in [-0.3, -0.25) is 4.40 Å². The van der Waals surface area contributed by atoms with Crippen LogP contribution < -0.4 is 4.74 Å². The van der Waals surface area contributed by atoms with Crippen LogP contribution in [0.15, 0.2) is 24.4 Å². The number of pyridine rings is 1. The van der Waals surface area contributed by atoms with Gasteiger partial charge in [-0.15, -0.1) is 0 Å². The number of aromatic nitrogens is 2. The van der Waals surface area contributed by atoms with Gasteiger partial charge in [0.1, 0.15) is 12.3 Å². The lowest BCUT2D eigenvalue weighted by Gasteiger charge is -2.31. The number of carboxylic acids is 1. The van der Waals surface area contributed by atoms with Gasteiger partial charge in [-0.05, 0) is 38.6 Å². The predicted octanol–water partition coefficient (Wildman–Crippen LogP) is 1.90. The van der Waals surface area contributed by atoms with Crippen molar-refractivity contribution in [2.75, 3.05) is 20.2 Å². The van der Waals surface area contributed by atoms with Crippen LogP contribution in [0.5, 0.6) is 5.88 Å². The van der Waals surface area contributed by atoms with Crippen molar-refractivity contribution in [3.63, 3.8) is 0 Å². The largest absolute Gasteiger partial charge is 0.476 e. The van der Waals surface area contributed by atoms with E-state index in [1.807, 2.05) is 6.07 Å². The van der Waals surface area contributed by atoms with Gasteiger partial charge in [0.25, 0.3) is 0 Å². The minimum Gasteiger partial charge on any atom is -0.476 e. The molecular formula is C15H19N3O3. The van der Waals surface area contributed by atoms with Crippen molar-refractivity contribution in [1.82, 2.24) is 14.3 Å². The number of hydrogen-bond donors (Lipinski definition) is 1. The molecule has 1 atom stereocenters. The minimum atomic E-state index is -1.03. The monoisotopic (exact) mass is 289 g/mol. The highest BCUT2D eigenvalue weighted by atomic mass is 16.5. The molecule has 2 aromatic rings. The molecule has 1 saturated heterocycles. The average molecular weight is 289 g/mol. The third-order valence-corrected chi connectivity index (χ3v) is 4.03. The summed E-state index contributed by atoms with van der Waals surface area (Å²) in [6.45, 7) is 1.53. The van der Waals surface area contributed by atoms with Gasteiger partial charge in [-0.1, -0.05) is 12.5 Å². The fraction of sp³-hybridized carbons (Fsp3) is 0.467. The van der Waals surface area contributed by atoms with Crippen LogP contribution in [0.4, 0.5) is 0 Å². The smallest absolute Gasteiger partial charge is 0.358 e. The highest BCUT2D eigenvalue weighted by Gasteiger charge is 2.23. The van der Waals surface area contributed by atoms with Crippen LogP contribution in [0.1, 0.15) is 29.8 Å². The molecule has 6 heteroatoms. The van der Waals surface area contributed by atoms with Crippen LogP contribution in [0.25, 0.3) is 5.65 Å². The molecule has 0 radical (unpaired) electrons. The number of likely N-dealkylation sites (N-methyl/N-ethyl adjacent to an activating group) is 1. The fourth-order valence-corrected chi connectivity index (χ4v) is 2.80. The second-order valence-electron chi connectivity index (χ2n) is 5.44. The maximum atomic E-state index is 11.5. The fourth-order valence-electron chi connectivity index (χ4n) is 2.80. The maximum absolute atomic E-state index is 11.5. The topological polar surface area (TPSA) is 67.1 Å². The summed E-state index contributed by atoms with van der Waals surface area (Å²) >= 11 is 0. The summed E-state index contributed by atoms with van der Waals surface area (Å²) in [5.41, 5.74) is 0.672. The molecule has 0 saturated carbocycles. The number of rotatable bonds is 4. The van der Waals surface area contributed by atoms with Gasteiger partial charge in [-0.2, -0.15) is 4.98 Å². The third-order valence-electron chi connectivity index (χ3n) is 4.03. The van der Waals surface area contributed by atoms with Crippen LogP contribution in [-0.2, 0) is 0 Å². The summed E-state index contributed by atoms with van der Waals surface area (Å²) in [6, 6.07) is 5.70. The number of fused-ring (bicyclic) bond motifs is 1.